The highest BCUT2D eigenvalue weighted by Crippen LogP contribution is 2.23. The third kappa shape index (κ3) is 3.47. The SMILES string of the molecule is NCCCCS(=O)(=O)c1ccc2cc(Cl)ccc2c1. The lowest BCUT2D eigenvalue weighted by atomic mass is 10.1. The normalized spacial score (nSPS) is 11.9. The molecule has 2 rings (SSSR count). The Kier molecular flexibility index (Phi) is 4.45. The molecule has 0 aliphatic carbocycles. The fourth-order valence-electron chi connectivity index (χ4n) is 1.94. The van der Waals surface area contributed by atoms with Crippen molar-refractivity contribution in [1.82, 2.24) is 0 Å². The second-order valence-electron chi connectivity index (χ2n) is 4.47. The fourth-order valence-corrected chi connectivity index (χ4v) is 3.52. The van der Waals surface area contributed by atoms with Gasteiger partial charge in [0.05, 0.1) is 10.6 Å². The monoisotopic (exact) mass is 297 g/mol. The third-order valence-corrected chi connectivity index (χ3v) is 5.03. The van der Waals surface area contributed by atoms with Crippen molar-refractivity contribution in [3.63, 3.8) is 0 Å². The molecule has 0 atom stereocenters. The minimum absolute atomic E-state index is 0.142. The first kappa shape index (κ1) is 14.3. The Morgan fingerprint density at radius 3 is 2.42 bits per heavy atom. The van der Waals surface area contributed by atoms with E-state index in [4.69, 9.17) is 17.3 Å². The Bertz CT molecular complexity index is 683. The zero-order chi connectivity index (χ0) is 13.9. The molecule has 102 valence electrons. The predicted molar refractivity (Wildman–Crippen MR) is 79.3 cm³/mol. The van der Waals surface area contributed by atoms with Gasteiger partial charge in [0.15, 0.2) is 9.84 Å². The van der Waals surface area contributed by atoms with Crippen LogP contribution in [-0.2, 0) is 9.84 Å². The molecule has 0 heterocycles. The van der Waals surface area contributed by atoms with Gasteiger partial charge in [-0.2, -0.15) is 0 Å². The summed E-state index contributed by atoms with van der Waals surface area (Å²) < 4.78 is 24.3. The second kappa shape index (κ2) is 5.90. The first-order valence-electron chi connectivity index (χ1n) is 6.15. The summed E-state index contributed by atoms with van der Waals surface area (Å²) in [6.07, 6.45) is 1.32. The number of halogens is 1. The van der Waals surface area contributed by atoms with Crippen LogP contribution in [0.25, 0.3) is 10.8 Å². The second-order valence-corrected chi connectivity index (χ2v) is 7.01. The van der Waals surface area contributed by atoms with Gasteiger partial charge >= 0.3 is 0 Å². The number of rotatable bonds is 5. The van der Waals surface area contributed by atoms with Crippen LogP contribution in [0, 0.1) is 0 Å². The molecule has 2 N–H and O–H groups in total. The van der Waals surface area contributed by atoms with Crippen molar-refractivity contribution in [3.8, 4) is 0 Å². The molecular weight excluding hydrogens is 282 g/mol. The van der Waals surface area contributed by atoms with Gasteiger partial charge in [-0.3, -0.25) is 0 Å². The van der Waals surface area contributed by atoms with Crippen LogP contribution in [0.2, 0.25) is 5.02 Å². The average molecular weight is 298 g/mol. The number of unbranched alkanes of at least 4 members (excludes halogenated alkanes) is 1. The van der Waals surface area contributed by atoms with Gasteiger partial charge in [0.2, 0.25) is 0 Å². The standard InChI is InChI=1S/C14H16ClNO2S/c15-13-5-3-12-10-14(6-4-11(12)9-13)19(17,18)8-2-1-7-16/h3-6,9-10H,1-2,7-8,16H2. The molecule has 0 unspecified atom stereocenters. The van der Waals surface area contributed by atoms with Gasteiger partial charge in [-0.1, -0.05) is 23.7 Å². The van der Waals surface area contributed by atoms with Crippen molar-refractivity contribution in [1.29, 1.82) is 0 Å². The molecule has 0 bridgehead atoms. The van der Waals surface area contributed by atoms with Gasteiger partial charge < -0.3 is 5.73 Å². The van der Waals surface area contributed by atoms with E-state index in [0.717, 1.165) is 17.2 Å². The first-order valence-corrected chi connectivity index (χ1v) is 8.18. The quantitative estimate of drug-likeness (QED) is 0.863. The Labute approximate surface area is 118 Å². The van der Waals surface area contributed by atoms with E-state index in [2.05, 4.69) is 0 Å². The van der Waals surface area contributed by atoms with E-state index < -0.39 is 9.84 Å². The van der Waals surface area contributed by atoms with Gasteiger partial charge in [-0.25, -0.2) is 8.42 Å². The van der Waals surface area contributed by atoms with Gasteiger partial charge in [-0.05, 0) is 54.4 Å². The summed E-state index contributed by atoms with van der Waals surface area (Å²) in [6, 6.07) is 10.5. The Hall–Kier alpha value is -1.10. The van der Waals surface area contributed by atoms with E-state index in [1.54, 1.807) is 24.3 Å². The molecule has 2 aromatic rings. The topological polar surface area (TPSA) is 60.2 Å². The Balaban J connectivity index is 2.32. The van der Waals surface area contributed by atoms with Gasteiger partial charge in [0.1, 0.15) is 0 Å². The maximum absolute atomic E-state index is 12.2. The Morgan fingerprint density at radius 1 is 1.00 bits per heavy atom. The zero-order valence-electron chi connectivity index (χ0n) is 10.5. The van der Waals surface area contributed by atoms with Gasteiger partial charge in [-0.15, -0.1) is 0 Å². The largest absolute Gasteiger partial charge is 0.330 e. The first-order chi connectivity index (χ1) is 9.03. The summed E-state index contributed by atoms with van der Waals surface area (Å²) in [5.74, 6) is 0.142. The molecule has 0 radical (unpaired) electrons. The number of benzene rings is 2. The van der Waals surface area contributed by atoms with Crippen LogP contribution in [0.1, 0.15) is 12.8 Å². The van der Waals surface area contributed by atoms with E-state index in [-0.39, 0.29) is 5.75 Å². The van der Waals surface area contributed by atoms with Crippen molar-refractivity contribution >= 4 is 32.2 Å². The maximum Gasteiger partial charge on any atom is 0.178 e. The highest BCUT2D eigenvalue weighted by atomic mass is 35.5. The smallest absolute Gasteiger partial charge is 0.178 e. The lowest BCUT2D eigenvalue weighted by molar-refractivity contribution is 0.592. The summed E-state index contributed by atoms with van der Waals surface area (Å²) in [6.45, 7) is 0.520. The molecule has 0 saturated carbocycles. The van der Waals surface area contributed by atoms with Crippen LogP contribution < -0.4 is 5.73 Å². The summed E-state index contributed by atoms with van der Waals surface area (Å²) in [5.41, 5.74) is 5.38. The molecule has 19 heavy (non-hydrogen) atoms. The molecular formula is C14H16ClNO2S. The highest BCUT2D eigenvalue weighted by Gasteiger charge is 2.14. The van der Waals surface area contributed by atoms with E-state index in [0.29, 0.717) is 22.9 Å². The van der Waals surface area contributed by atoms with Crippen molar-refractivity contribution < 1.29 is 8.42 Å². The molecule has 0 aliphatic rings. The van der Waals surface area contributed by atoms with Crippen LogP contribution >= 0.6 is 11.6 Å². The summed E-state index contributed by atoms with van der Waals surface area (Å²) in [7, 11) is -3.22. The predicted octanol–water partition coefficient (Wildman–Crippen LogP) is 3.01. The van der Waals surface area contributed by atoms with Crippen LogP contribution in [0.3, 0.4) is 0 Å². The molecule has 2 aromatic carbocycles. The molecule has 0 aliphatic heterocycles. The highest BCUT2D eigenvalue weighted by molar-refractivity contribution is 7.91. The van der Waals surface area contributed by atoms with Crippen molar-refractivity contribution in [3.05, 3.63) is 41.4 Å². The minimum atomic E-state index is -3.22. The summed E-state index contributed by atoms with van der Waals surface area (Å²) in [5, 5.41) is 2.46. The number of hydrogen-bond donors (Lipinski definition) is 1. The average Bonchev–Trinajstić information content (AvgIpc) is 2.38. The summed E-state index contributed by atoms with van der Waals surface area (Å²) in [4.78, 5) is 0.361. The van der Waals surface area contributed by atoms with E-state index >= 15 is 0 Å². The maximum atomic E-state index is 12.2. The van der Waals surface area contributed by atoms with Crippen LogP contribution in [0.4, 0.5) is 0 Å². The molecule has 0 amide bonds. The number of fused-ring (bicyclic) bond motifs is 1. The number of sulfone groups is 1. The van der Waals surface area contributed by atoms with E-state index in [1.165, 1.54) is 0 Å². The van der Waals surface area contributed by atoms with Gasteiger partial charge in [0, 0.05) is 5.02 Å². The minimum Gasteiger partial charge on any atom is -0.330 e. The van der Waals surface area contributed by atoms with Crippen molar-refractivity contribution in [2.24, 2.45) is 5.73 Å². The fraction of sp³-hybridized carbons (Fsp3) is 0.286. The van der Waals surface area contributed by atoms with Crippen molar-refractivity contribution in [2.75, 3.05) is 12.3 Å². The Morgan fingerprint density at radius 2 is 1.68 bits per heavy atom. The summed E-state index contributed by atoms with van der Waals surface area (Å²) >= 11 is 5.90. The van der Waals surface area contributed by atoms with Crippen LogP contribution in [0.5, 0.6) is 0 Å². The lowest BCUT2D eigenvalue weighted by Gasteiger charge is -2.06. The molecule has 0 aromatic heterocycles. The van der Waals surface area contributed by atoms with Crippen molar-refractivity contribution in [2.45, 2.75) is 17.7 Å². The van der Waals surface area contributed by atoms with Crippen LogP contribution in [-0.4, -0.2) is 20.7 Å². The molecule has 3 nitrogen and oxygen atoms in total. The zero-order valence-corrected chi connectivity index (χ0v) is 12.0. The molecule has 5 heteroatoms. The number of hydrogen-bond acceptors (Lipinski definition) is 3. The van der Waals surface area contributed by atoms with Crippen LogP contribution in [0.15, 0.2) is 41.3 Å². The lowest BCUT2D eigenvalue weighted by Crippen LogP contribution is -2.09. The molecule has 0 spiro atoms. The van der Waals surface area contributed by atoms with E-state index in [1.807, 2.05) is 12.1 Å². The van der Waals surface area contributed by atoms with E-state index in [9.17, 15) is 8.42 Å². The molecule has 0 fully saturated rings. The number of nitrogens with two attached hydrogens (primary N) is 1. The van der Waals surface area contributed by atoms with Gasteiger partial charge in [0.25, 0.3) is 0 Å². The molecule has 0 saturated heterocycles. The third-order valence-electron chi connectivity index (χ3n) is 3.00.